The van der Waals surface area contributed by atoms with E-state index in [2.05, 4.69) is 0 Å². The SMILES string of the molecule is CON(C)C(=O)c1ccc(F)cc1C. The molecule has 1 aromatic carbocycles. The Bertz CT molecular complexity index is 352. The second kappa shape index (κ2) is 4.19. The summed E-state index contributed by atoms with van der Waals surface area (Å²) in [4.78, 5) is 16.3. The third kappa shape index (κ3) is 2.09. The molecule has 1 rings (SSSR count). The van der Waals surface area contributed by atoms with Crippen molar-refractivity contribution in [1.29, 1.82) is 0 Å². The van der Waals surface area contributed by atoms with Crippen LogP contribution in [0, 0.1) is 12.7 Å². The van der Waals surface area contributed by atoms with Gasteiger partial charge in [-0.05, 0) is 30.7 Å². The van der Waals surface area contributed by atoms with Crippen LogP contribution in [0.15, 0.2) is 18.2 Å². The molecule has 0 aromatic heterocycles. The van der Waals surface area contributed by atoms with Crippen molar-refractivity contribution in [2.75, 3.05) is 14.2 Å². The van der Waals surface area contributed by atoms with E-state index in [0.717, 1.165) is 5.06 Å². The second-order valence-corrected chi connectivity index (χ2v) is 2.94. The maximum Gasteiger partial charge on any atom is 0.277 e. The lowest BCUT2D eigenvalue weighted by Gasteiger charge is -2.14. The Balaban J connectivity index is 3.02. The maximum atomic E-state index is 12.7. The van der Waals surface area contributed by atoms with Gasteiger partial charge in [0.2, 0.25) is 0 Å². The van der Waals surface area contributed by atoms with Crippen LogP contribution >= 0.6 is 0 Å². The van der Waals surface area contributed by atoms with Crippen molar-refractivity contribution in [2.45, 2.75) is 6.92 Å². The van der Waals surface area contributed by atoms with Crippen molar-refractivity contribution < 1.29 is 14.0 Å². The summed E-state index contributed by atoms with van der Waals surface area (Å²) in [5, 5.41) is 1.10. The smallest absolute Gasteiger partial charge is 0.274 e. The van der Waals surface area contributed by atoms with Crippen molar-refractivity contribution in [3.63, 3.8) is 0 Å². The average molecular weight is 197 g/mol. The highest BCUT2D eigenvalue weighted by Gasteiger charge is 2.13. The number of benzene rings is 1. The summed E-state index contributed by atoms with van der Waals surface area (Å²) in [5.41, 5.74) is 1.04. The number of aryl methyl sites for hydroxylation is 1. The van der Waals surface area contributed by atoms with Gasteiger partial charge in [-0.2, -0.15) is 0 Å². The molecule has 76 valence electrons. The summed E-state index contributed by atoms with van der Waals surface area (Å²) in [6.07, 6.45) is 0. The zero-order valence-electron chi connectivity index (χ0n) is 8.37. The second-order valence-electron chi connectivity index (χ2n) is 2.94. The van der Waals surface area contributed by atoms with E-state index in [1.807, 2.05) is 0 Å². The maximum absolute atomic E-state index is 12.7. The van der Waals surface area contributed by atoms with E-state index in [1.54, 1.807) is 6.92 Å². The molecule has 0 aliphatic heterocycles. The van der Waals surface area contributed by atoms with Gasteiger partial charge in [-0.25, -0.2) is 9.45 Å². The molecule has 0 spiro atoms. The Kier molecular flexibility index (Phi) is 3.19. The van der Waals surface area contributed by atoms with Crippen LogP contribution in [0.2, 0.25) is 0 Å². The van der Waals surface area contributed by atoms with Gasteiger partial charge < -0.3 is 0 Å². The Labute approximate surface area is 82.0 Å². The van der Waals surface area contributed by atoms with E-state index < -0.39 is 0 Å². The molecule has 0 unspecified atom stereocenters. The number of hydrogen-bond donors (Lipinski definition) is 0. The van der Waals surface area contributed by atoms with Crippen LogP contribution in [-0.2, 0) is 4.84 Å². The predicted molar refractivity (Wildman–Crippen MR) is 50.2 cm³/mol. The van der Waals surface area contributed by atoms with Crippen LogP contribution in [0.1, 0.15) is 15.9 Å². The number of hydroxylamine groups is 2. The Morgan fingerprint density at radius 3 is 2.64 bits per heavy atom. The third-order valence-electron chi connectivity index (χ3n) is 1.98. The van der Waals surface area contributed by atoms with Crippen LogP contribution in [0.3, 0.4) is 0 Å². The number of amides is 1. The standard InChI is InChI=1S/C10H12FNO2/c1-7-6-8(11)4-5-9(7)10(13)12(2)14-3/h4-6H,1-3H3. The molecule has 0 saturated carbocycles. The number of rotatable bonds is 2. The number of carbonyl (C=O) groups excluding carboxylic acids is 1. The molecule has 0 saturated heterocycles. The molecule has 0 heterocycles. The molecule has 0 aliphatic carbocycles. The minimum Gasteiger partial charge on any atom is -0.274 e. The lowest BCUT2D eigenvalue weighted by Crippen LogP contribution is -2.26. The molecule has 0 fully saturated rings. The first kappa shape index (κ1) is 10.7. The molecule has 3 nitrogen and oxygen atoms in total. The fourth-order valence-corrected chi connectivity index (χ4v) is 1.12. The molecule has 1 amide bonds. The van der Waals surface area contributed by atoms with Crippen molar-refractivity contribution in [2.24, 2.45) is 0 Å². The van der Waals surface area contributed by atoms with Gasteiger partial charge in [0.1, 0.15) is 5.82 Å². The van der Waals surface area contributed by atoms with E-state index in [-0.39, 0.29) is 11.7 Å². The molecule has 4 heteroatoms. The van der Waals surface area contributed by atoms with Crippen LogP contribution < -0.4 is 0 Å². The molecule has 14 heavy (non-hydrogen) atoms. The number of nitrogens with zero attached hydrogens (tertiary/aromatic N) is 1. The third-order valence-corrected chi connectivity index (χ3v) is 1.98. The molecular formula is C10H12FNO2. The first-order valence-corrected chi connectivity index (χ1v) is 4.14. The van der Waals surface area contributed by atoms with Gasteiger partial charge in [0, 0.05) is 12.6 Å². The van der Waals surface area contributed by atoms with E-state index in [0.29, 0.717) is 11.1 Å². The normalized spacial score (nSPS) is 10.0. The topological polar surface area (TPSA) is 29.5 Å². The first-order chi connectivity index (χ1) is 6.56. The van der Waals surface area contributed by atoms with Crippen LogP contribution in [-0.4, -0.2) is 25.1 Å². The van der Waals surface area contributed by atoms with Crippen molar-refractivity contribution in [3.05, 3.63) is 35.1 Å². The van der Waals surface area contributed by atoms with Crippen LogP contribution in [0.4, 0.5) is 4.39 Å². The number of carbonyl (C=O) groups is 1. The van der Waals surface area contributed by atoms with Gasteiger partial charge in [-0.1, -0.05) is 0 Å². The molecule has 0 bridgehead atoms. The van der Waals surface area contributed by atoms with E-state index >= 15 is 0 Å². The van der Waals surface area contributed by atoms with E-state index in [9.17, 15) is 9.18 Å². The fraction of sp³-hybridized carbons (Fsp3) is 0.300. The minimum atomic E-state index is -0.348. The molecular weight excluding hydrogens is 185 g/mol. The first-order valence-electron chi connectivity index (χ1n) is 4.14. The quantitative estimate of drug-likeness (QED) is 0.676. The summed E-state index contributed by atoms with van der Waals surface area (Å²) in [6.45, 7) is 1.68. The van der Waals surface area contributed by atoms with Gasteiger partial charge in [0.05, 0.1) is 7.11 Å². The van der Waals surface area contributed by atoms with Crippen molar-refractivity contribution >= 4 is 5.91 Å². The highest BCUT2D eigenvalue weighted by Crippen LogP contribution is 2.12. The monoisotopic (exact) mass is 197 g/mol. The zero-order valence-corrected chi connectivity index (χ0v) is 8.37. The van der Waals surface area contributed by atoms with Gasteiger partial charge >= 0.3 is 0 Å². The Hall–Kier alpha value is -1.42. The summed E-state index contributed by atoms with van der Waals surface area (Å²) >= 11 is 0. The average Bonchev–Trinajstić information content (AvgIpc) is 2.15. The summed E-state index contributed by atoms with van der Waals surface area (Å²) in [5.74, 6) is -0.635. The molecule has 0 radical (unpaired) electrons. The Morgan fingerprint density at radius 2 is 2.14 bits per heavy atom. The largest absolute Gasteiger partial charge is 0.277 e. The summed E-state index contributed by atoms with van der Waals surface area (Å²) in [6, 6.07) is 4.02. The van der Waals surface area contributed by atoms with E-state index in [1.165, 1.54) is 32.4 Å². The zero-order chi connectivity index (χ0) is 10.7. The molecule has 0 aliphatic rings. The van der Waals surface area contributed by atoms with Gasteiger partial charge in [0.15, 0.2) is 0 Å². The van der Waals surface area contributed by atoms with Crippen molar-refractivity contribution in [1.82, 2.24) is 5.06 Å². The van der Waals surface area contributed by atoms with Gasteiger partial charge in [-0.3, -0.25) is 9.63 Å². The summed E-state index contributed by atoms with van der Waals surface area (Å²) < 4.78 is 12.7. The van der Waals surface area contributed by atoms with Crippen molar-refractivity contribution in [3.8, 4) is 0 Å². The molecule has 1 aromatic rings. The van der Waals surface area contributed by atoms with Gasteiger partial charge in [0.25, 0.3) is 5.91 Å². The Morgan fingerprint density at radius 1 is 1.50 bits per heavy atom. The fourth-order valence-electron chi connectivity index (χ4n) is 1.12. The molecule has 0 N–H and O–H groups in total. The lowest BCUT2D eigenvalue weighted by molar-refractivity contribution is -0.0757. The minimum absolute atomic E-state index is 0.287. The number of halogens is 1. The van der Waals surface area contributed by atoms with Gasteiger partial charge in [-0.15, -0.1) is 0 Å². The van der Waals surface area contributed by atoms with Crippen LogP contribution in [0.5, 0.6) is 0 Å². The number of hydrogen-bond acceptors (Lipinski definition) is 2. The highest BCUT2D eigenvalue weighted by molar-refractivity contribution is 5.94. The summed E-state index contributed by atoms with van der Waals surface area (Å²) in [7, 11) is 2.90. The highest BCUT2D eigenvalue weighted by atomic mass is 19.1. The molecule has 0 atom stereocenters. The van der Waals surface area contributed by atoms with Crippen LogP contribution in [0.25, 0.3) is 0 Å². The predicted octanol–water partition coefficient (Wildman–Crippen LogP) is 1.77. The van der Waals surface area contributed by atoms with E-state index in [4.69, 9.17) is 4.84 Å². The lowest BCUT2D eigenvalue weighted by atomic mass is 10.1.